The van der Waals surface area contributed by atoms with Crippen LogP contribution in [0.25, 0.3) is 0 Å². The zero-order chi connectivity index (χ0) is 22.1. The Hall–Kier alpha value is -1.65. The number of nitriles is 1. The lowest BCUT2D eigenvalue weighted by Crippen LogP contribution is -2.66. The first-order valence-corrected chi connectivity index (χ1v) is 12.0. The van der Waals surface area contributed by atoms with E-state index < -0.39 is 5.60 Å². The molecule has 0 aromatic heterocycles. The molecule has 5 aliphatic rings. The number of rotatable bonds is 6. The number of hydrogen-bond acceptors (Lipinski definition) is 6. The van der Waals surface area contributed by atoms with Crippen molar-refractivity contribution < 1.29 is 14.3 Å². The average Bonchev–Trinajstić information content (AvgIpc) is 3.27. The van der Waals surface area contributed by atoms with Gasteiger partial charge in [0.05, 0.1) is 19.2 Å². The minimum Gasteiger partial charge on any atom is -0.459 e. The van der Waals surface area contributed by atoms with E-state index in [1.807, 2.05) is 20.8 Å². The predicted molar refractivity (Wildman–Crippen MR) is 115 cm³/mol. The first-order valence-electron chi connectivity index (χ1n) is 12.0. The van der Waals surface area contributed by atoms with Gasteiger partial charge in [0.1, 0.15) is 11.6 Å². The fraction of sp³-hybridized carbons (Fsp3) is 0.875. The zero-order valence-corrected chi connectivity index (χ0v) is 19.1. The molecule has 31 heavy (non-hydrogen) atoms. The number of carbonyl (C=O) groups is 2. The standard InChI is InChI=1S/C24H36N4O3/c1-21(2,3)31-20(30)14-27-24-9-16-7-22(10-17(11-24)23(24,8-16)15-22)26-13-19(29)28-6-4-5-18(28)12-25/h16-18,26-27H,4-11,13-15H2,1-3H3/t16?,17?,18-,22?,23?,24?/m0/s1. The van der Waals surface area contributed by atoms with Gasteiger partial charge in [-0.25, -0.2) is 0 Å². The molecule has 1 aliphatic heterocycles. The maximum atomic E-state index is 12.8. The highest BCUT2D eigenvalue weighted by atomic mass is 16.6. The summed E-state index contributed by atoms with van der Waals surface area (Å²) in [7, 11) is 0. The van der Waals surface area contributed by atoms with Crippen molar-refractivity contribution in [2.75, 3.05) is 19.6 Å². The van der Waals surface area contributed by atoms with Crippen LogP contribution in [0.2, 0.25) is 0 Å². The van der Waals surface area contributed by atoms with Crippen molar-refractivity contribution >= 4 is 11.9 Å². The third-order valence-corrected chi connectivity index (χ3v) is 8.92. The van der Waals surface area contributed by atoms with Crippen LogP contribution < -0.4 is 10.6 Å². The number of nitrogens with one attached hydrogen (secondary N) is 2. The molecule has 7 heteroatoms. The summed E-state index contributed by atoms with van der Waals surface area (Å²) in [4.78, 5) is 26.9. The van der Waals surface area contributed by atoms with E-state index in [0.717, 1.165) is 44.9 Å². The fourth-order valence-corrected chi connectivity index (χ4v) is 8.17. The Morgan fingerprint density at radius 2 is 1.94 bits per heavy atom. The third-order valence-electron chi connectivity index (χ3n) is 8.92. The topological polar surface area (TPSA) is 94.5 Å². The largest absolute Gasteiger partial charge is 0.459 e. The summed E-state index contributed by atoms with van der Waals surface area (Å²) < 4.78 is 5.52. The molecule has 170 valence electrons. The molecule has 5 rings (SSSR count). The Bertz CT molecular complexity index is 828. The lowest BCUT2D eigenvalue weighted by atomic mass is 9.51. The monoisotopic (exact) mass is 428 g/mol. The number of carbonyl (C=O) groups excluding carboxylic acids is 2. The Morgan fingerprint density at radius 3 is 2.68 bits per heavy atom. The van der Waals surface area contributed by atoms with Gasteiger partial charge in [-0.05, 0) is 89.4 Å². The van der Waals surface area contributed by atoms with Crippen LogP contribution in [0.1, 0.15) is 72.1 Å². The summed E-state index contributed by atoms with van der Waals surface area (Å²) in [6, 6.07) is 2.02. The molecule has 5 unspecified atom stereocenters. The summed E-state index contributed by atoms with van der Waals surface area (Å²) in [6.07, 6.45) is 8.58. The molecule has 4 aliphatic carbocycles. The van der Waals surface area contributed by atoms with Gasteiger partial charge in [0.15, 0.2) is 0 Å². The van der Waals surface area contributed by atoms with Crippen LogP contribution in [0, 0.1) is 28.6 Å². The summed E-state index contributed by atoms with van der Waals surface area (Å²) in [5, 5.41) is 16.7. The van der Waals surface area contributed by atoms with Crippen LogP contribution >= 0.6 is 0 Å². The quantitative estimate of drug-likeness (QED) is 0.630. The van der Waals surface area contributed by atoms with Gasteiger partial charge in [0.25, 0.3) is 0 Å². The maximum absolute atomic E-state index is 12.8. The number of fused-ring (bicyclic) bond motifs is 2. The number of esters is 1. The smallest absolute Gasteiger partial charge is 0.320 e. The molecule has 2 N–H and O–H groups in total. The zero-order valence-electron chi connectivity index (χ0n) is 19.1. The normalized spacial score (nSPS) is 42.3. The molecule has 7 nitrogen and oxygen atoms in total. The Labute approximate surface area is 185 Å². The highest BCUT2D eigenvalue weighted by Crippen LogP contribution is 2.77. The molecule has 1 heterocycles. The van der Waals surface area contributed by atoms with Gasteiger partial charge in [-0.3, -0.25) is 9.59 Å². The van der Waals surface area contributed by atoms with Crippen LogP contribution in [0.3, 0.4) is 0 Å². The first kappa shape index (κ1) is 21.2. The van der Waals surface area contributed by atoms with Crippen molar-refractivity contribution in [2.24, 2.45) is 17.3 Å². The first-order chi connectivity index (χ1) is 14.6. The van der Waals surface area contributed by atoms with Gasteiger partial charge in [-0.2, -0.15) is 5.26 Å². The second-order valence-electron chi connectivity index (χ2n) is 11.9. The van der Waals surface area contributed by atoms with E-state index >= 15 is 0 Å². The van der Waals surface area contributed by atoms with Crippen LogP contribution in [0.4, 0.5) is 0 Å². The van der Waals surface area contributed by atoms with Gasteiger partial charge < -0.3 is 20.3 Å². The van der Waals surface area contributed by atoms with E-state index in [-0.39, 0.29) is 41.0 Å². The Balaban J connectivity index is 1.23. The second kappa shape index (κ2) is 6.92. The third kappa shape index (κ3) is 3.29. The van der Waals surface area contributed by atoms with E-state index in [2.05, 4.69) is 16.7 Å². The van der Waals surface area contributed by atoms with Crippen LogP contribution in [-0.2, 0) is 14.3 Å². The Kier molecular flexibility index (Phi) is 4.74. The van der Waals surface area contributed by atoms with E-state index in [1.165, 1.54) is 6.42 Å². The second-order valence-corrected chi connectivity index (χ2v) is 11.9. The molecule has 1 amide bonds. The van der Waals surface area contributed by atoms with Crippen molar-refractivity contribution in [3.05, 3.63) is 0 Å². The molecular formula is C24H36N4O3. The van der Waals surface area contributed by atoms with Gasteiger partial charge in [-0.15, -0.1) is 0 Å². The van der Waals surface area contributed by atoms with Crippen molar-refractivity contribution in [3.8, 4) is 6.07 Å². The minimum atomic E-state index is -0.457. The van der Waals surface area contributed by atoms with Crippen LogP contribution in [0.5, 0.6) is 0 Å². The lowest BCUT2D eigenvalue weighted by Gasteiger charge is -2.59. The van der Waals surface area contributed by atoms with Gasteiger partial charge in [-0.1, -0.05) is 0 Å². The molecule has 5 fully saturated rings. The van der Waals surface area contributed by atoms with Gasteiger partial charge >= 0.3 is 5.97 Å². The minimum absolute atomic E-state index is 0.0386. The molecule has 6 atom stereocenters. The van der Waals surface area contributed by atoms with Crippen molar-refractivity contribution in [2.45, 2.75) is 94.9 Å². The number of likely N-dealkylation sites (tertiary alicyclic amines) is 1. The summed E-state index contributed by atoms with van der Waals surface area (Å²) in [5.74, 6) is 1.22. The molecule has 0 radical (unpaired) electrons. The highest BCUT2D eigenvalue weighted by Gasteiger charge is 2.77. The van der Waals surface area contributed by atoms with E-state index in [4.69, 9.17) is 4.74 Å². The van der Waals surface area contributed by atoms with Gasteiger partial charge in [0.2, 0.25) is 5.91 Å². The van der Waals surface area contributed by atoms with Crippen LogP contribution in [-0.4, -0.2) is 59.1 Å². The van der Waals surface area contributed by atoms with Crippen LogP contribution in [0.15, 0.2) is 0 Å². The van der Waals surface area contributed by atoms with Gasteiger partial charge in [0, 0.05) is 17.6 Å². The molecular weight excluding hydrogens is 392 g/mol. The fourth-order valence-electron chi connectivity index (χ4n) is 8.17. The predicted octanol–water partition coefficient (Wildman–Crippen LogP) is 2.11. The molecule has 1 saturated heterocycles. The number of ether oxygens (including phenoxy) is 1. The maximum Gasteiger partial charge on any atom is 0.320 e. The van der Waals surface area contributed by atoms with Crippen molar-refractivity contribution in [3.63, 3.8) is 0 Å². The summed E-state index contributed by atoms with van der Waals surface area (Å²) >= 11 is 0. The Morgan fingerprint density at radius 1 is 1.13 bits per heavy atom. The molecule has 4 saturated carbocycles. The van der Waals surface area contributed by atoms with E-state index in [1.54, 1.807) is 4.90 Å². The highest BCUT2D eigenvalue weighted by molar-refractivity contribution is 5.79. The lowest BCUT2D eigenvalue weighted by molar-refractivity contribution is -0.155. The number of nitrogens with zero attached hydrogens (tertiary/aromatic N) is 2. The number of amides is 1. The SMILES string of the molecule is CC(C)(C)OC(=O)CNC12CC3CC4(NCC(=O)N5CCC[C@H]5C#N)CC(C1)C2(C3)C4. The summed E-state index contributed by atoms with van der Waals surface area (Å²) in [6.45, 7) is 7.04. The van der Waals surface area contributed by atoms with E-state index in [9.17, 15) is 14.9 Å². The number of hydrogen-bond donors (Lipinski definition) is 2. The summed E-state index contributed by atoms with van der Waals surface area (Å²) in [5.41, 5.74) is -0.0981. The van der Waals surface area contributed by atoms with Crippen molar-refractivity contribution in [1.29, 1.82) is 5.26 Å². The molecule has 3 bridgehead atoms. The van der Waals surface area contributed by atoms with E-state index in [0.29, 0.717) is 24.9 Å². The average molecular weight is 429 g/mol. The molecule has 0 aromatic carbocycles. The molecule has 1 spiro atoms. The molecule has 0 aromatic rings. The van der Waals surface area contributed by atoms with Crippen molar-refractivity contribution in [1.82, 2.24) is 15.5 Å².